The van der Waals surface area contributed by atoms with E-state index in [2.05, 4.69) is 0 Å². The number of halogens is 2. The van der Waals surface area contributed by atoms with Gasteiger partial charge in [-0.25, -0.2) is 0 Å². The van der Waals surface area contributed by atoms with E-state index in [0.29, 0.717) is 12.0 Å². The first-order valence-electron chi connectivity index (χ1n) is 6.79. The zero-order chi connectivity index (χ0) is 15.1. The minimum absolute atomic E-state index is 0.290. The molecule has 0 aliphatic carbocycles. The Kier molecular flexibility index (Phi) is 3.53. The van der Waals surface area contributed by atoms with Gasteiger partial charge in [0.2, 0.25) is 5.79 Å². The van der Waals surface area contributed by atoms with Crippen molar-refractivity contribution in [2.45, 2.75) is 29.1 Å². The summed E-state index contributed by atoms with van der Waals surface area (Å²) in [5.41, 5.74) is 0.729. The van der Waals surface area contributed by atoms with Gasteiger partial charge < -0.3 is 9.84 Å². The quantitative estimate of drug-likeness (QED) is 0.833. The molecule has 2 aromatic rings. The van der Waals surface area contributed by atoms with Gasteiger partial charge in [-0.2, -0.15) is 0 Å². The molecule has 2 aromatic carbocycles. The van der Waals surface area contributed by atoms with Crippen LogP contribution in [0.5, 0.6) is 0 Å². The highest BCUT2D eigenvalue weighted by atomic mass is 35.5. The third-order valence-corrected chi connectivity index (χ3v) is 4.76. The third kappa shape index (κ3) is 2.36. The largest absolute Gasteiger partial charge is 0.359 e. The van der Waals surface area contributed by atoms with Crippen LogP contribution in [0.1, 0.15) is 24.5 Å². The Bertz CT molecular complexity index is 630. The molecule has 0 spiro atoms. The standard InChI is InChI=1S/C17H16Cl2O2/c1-15(13-8-4-2-5-9-13)12-16(18,19)17(20,21-15)14-10-6-3-7-11-14/h2-11,20H,12H2,1H3. The molecule has 2 atom stereocenters. The van der Waals surface area contributed by atoms with E-state index >= 15 is 0 Å². The number of aliphatic hydroxyl groups is 1. The topological polar surface area (TPSA) is 29.5 Å². The van der Waals surface area contributed by atoms with Gasteiger partial charge in [0.15, 0.2) is 4.33 Å². The molecule has 1 heterocycles. The van der Waals surface area contributed by atoms with Gasteiger partial charge in [0, 0.05) is 12.0 Å². The third-order valence-electron chi connectivity index (χ3n) is 3.98. The van der Waals surface area contributed by atoms with Crippen molar-refractivity contribution in [1.82, 2.24) is 0 Å². The molecule has 0 bridgehead atoms. The Morgan fingerprint density at radius 1 is 0.905 bits per heavy atom. The van der Waals surface area contributed by atoms with Crippen molar-refractivity contribution in [2.24, 2.45) is 0 Å². The first kappa shape index (κ1) is 14.9. The predicted octanol–water partition coefficient (Wildman–Crippen LogP) is 4.34. The van der Waals surface area contributed by atoms with Gasteiger partial charge >= 0.3 is 0 Å². The van der Waals surface area contributed by atoms with Crippen LogP contribution in [-0.4, -0.2) is 9.44 Å². The normalized spacial score (nSPS) is 31.2. The Morgan fingerprint density at radius 3 is 1.90 bits per heavy atom. The number of alkyl halides is 2. The Labute approximate surface area is 134 Å². The van der Waals surface area contributed by atoms with Gasteiger partial charge in [-0.1, -0.05) is 83.9 Å². The van der Waals surface area contributed by atoms with E-state index in [1.165, 1.54) is 0 Å². The van der Waals surface area contributed by atoms with Gasteiger partial charge in [-0.05, 0) is 12.5 Å². The van der Waals surface area contributed by atoms with Crippen molar-refractivity contribution in [3.63, 3.8) is 0 Å². The summed E-state index contributed by atoms with van der Waals surface area (Å²) in [5.74, 6) is -1.75. The Hall–Kier alpha value is -1.06. The van der Waals surface area contributed by atoms with Gasteiger partial charge in [0.1, 0.15) is 0 Å². The van der Waals surface area contributed by atoms with E-state index in [1.807, 2.05) is 55.5 Å². The van der Waals surface area contributed by atoms with Gasteiger partial charge in [0.25, 0.3) is 0 Å². The summed E-state index contributed by atoms with van der Waals surface area (Å²) in [6, 6.07) is 18.7. The molecule has 1 fully saturated rings. The number of hydrogen-bond acceptors (Lipinski definition) is 2. The molecular formula is C17H16Cl2O2. The number of ether oxygens (including phenoxy) is 1. The van der Waals surface area contributed by atoms with Crippen molar-refractivity contribution in [3.8, 4) is 0 Å². The molecule has 0 aromatic heterocycles. The molecule has 2 nitrogen and oxygen atoms in total. The van der Waals surface area contributed by atoms with E-state index < -0.39 is 15.7 Å². The molecular weight excluding hydrogens is 307 g/mol. The lowest BCUT2D eigenvalue weighted by Gasteiger charge is -2.32. The molecule has 0 saturated carbocycles. The summed E-state index contributed by atoms with van der Waals surface area (Å²) in [7, 11) is 0. The maximum absolute atomic E-state index is 11.0. The zero-order valence-corrected chi connectivity index (χ0v) is 13.1. The molecule has 21 heavy (non-hydrogen) atoms. The average Bonchev–Trinajstić information content (AvgIpc) is 2.68. The van der Waals surface area contributed by atoms with E-state index in [1.54, 1.807) is 12.1 Å². The fourth-order valence-electron chi connectivity index (χ4n) is 2.87. The molecule has 1 aliphatic heterocycles. The van der Waals surface area contributed by atoms with E-state index in [9.17, 15) is 5.11 Å². The van der Waals surface area contributed by atoms with Crippen molar-refractivity contribution < 1.29 is 9.84 Å². The van der Waals surface area contributed by atoms with Crippen LogP contribution in [0.25, 0.3) is 0 Å². The maximum atomic E-state index is 11.0. The summed E-state index contributed by atoms with van der Waals surface area (Å²) in [4.78, 5) is 0. The number of hydrogen-bond donors (Lipinski definition) is 1. The van der Waals surface area contributed by atoms with Gasteiger partial charge in [-0.15, -0.1) is 0 Å². The Morgan fingerprint density at radius 2 is 1.38 bits per heavy atom. The zero-order valence-electron chi connectivity index (χ0n) is 11.6. The maximum Gasteiger partial charge on any atom is 0.227 e. The van der Waals surface area contributed by atoms with Crippen LogP contribution in [0.4, 0.5) is 0 Å². The smallest absolute Gasteiger partial charge is 0.227 e. The lowest BCUT2D eigenvalue weighted by Crippen LogP contribution is -2.40. The summed E-state index contributed by atoms with van der Waals surface area (Å²) in [6.07, 6.45) is 0.290. The van der Waals surface area contributed by atoms with Crippen molar-refractivity contribution in [1.29, 1.82) is 0 Å². The minimum Gasteiger partial charge on any atom is -0.359 e. The lowest BCUT2D eigenvalue weighted by atomic mass is 9.91. The second-order valence-corrected chi connectivity index (χ2v) is 7.07. The second kappa shape index (κ2) is 4.99. The first-order chi connectivity index (χ1) is 9.87. The highest BCUT2D eigenvalue weighted by molar-refractivity contribution is 6.49. The Balaban J connectivity index is 2.06. The average molecular weight is 323 g/mol. The van der Waals surface area contributed by atoms with Crippen LogP contribution < -0.4 is 0 Å². The van der Waals surface area contributed by atoms with Gasteiger partial charge in [-0.3, -0.25) is 0 Å². The van der Waals surface area contributed by atoms with Crippen molar-refractivity contribution >= 4 is 23.2 Å². The second-order valence-electron chi connectivity index (χ2n) is 5.59. The molecule has 1 saturated heterocycles. The summed E-state index contributed by atoms with van der Waals surface area (Å²) < 4.78 is 4.58. The molecule has 0 amide bonds. The van der Waals surface area contributed by atoms with E-state index in [4.69, 9.17) is 27.9 Å². The SMILES string of the molecule is CC1(c2ccccc2)CC(Cl)(Cl)C(O)(c2ccccc2)O1. The first-order valence-corrected chi connectivity index (χ1v) is 7.54. The fraction of sp³-hybridized carbons (Fsp3) is 0.294. The molecule has 2 unspecified atom stereocenters. The van der Waals surface area contributed by atoms with Crippen LogP contribution in [0.3, 0.4) is 0 Å². The number of benzene rings is 2. The van der Waals surface area contributed by atoms with Crippen LogP contribution in [-0.2, 0) is 16.1 Å². The van der Waals surface area contributed by atoms with Crippen LogP contribution >= 0.6 is 23.2 Å². The molecule has 3 rings (SSSR count). The highest BCUT2D eigenvalue weighted by Gasteiger charge is 2.63. The molecule has 0 radical (unpaired) electrons. The monoisotopic (exact) mass is 322 g/mol. The predicted molar refractivity (Wildman–Crippen MR) is 84.3 cm³/mol. The van der Waals surface area contributed by atoms with E-state index in [0.717, 1.165) is 5.56 Å². The van der Waals surface area contributed by atoms with Crippen molar-refractivity contribution in [2.75, 3.05) is 0 Å². The fourth-order valence-corrected chi connectivity index (χ4v) is 3.67. The van der Waals surface area contributed by atoms with Crippen molar-refractivity contribution in [3.05, 3.63) is 71.8 Å². The van der Waals surface area contributed by atoms with Gasteiger partial charge in [0.05, 0.1) is 5.60 Å². The minimum atomic E-state index is -1.75. The lowest BCUT2D eigenvalue weighted by molar-refractivity contribution is -0.233. The molecule has 1 N–H and O–H groups in total. The van der Waals surface area contributed by atoms with Crippen LogP contribution in [0, 0.1) is 0 Å². The van der Waals surface area contributed by atoms with E-state index in [-0.39, 0.29) is 0 Å². The summed E-state index contributed by atoms with van der Waals surface area (Å²) in [5, 5.41) is 11.0. The number of rotatable bonds is 2. The molecule has 1 aliphatic rings. The molecule has 110 valence electrons. The van der Waals surface area contributed by atoms with Crippen LogP contribution in [0.15, 0.2) is 60.7 Å². The van der Waals surface area contributed by atoms with Crippen LogP contribution in [0.2, 0.25) is 0 Å². The summed E-state index contributed by atoms with van der Waals surface area (Å²) >= 11 is 12.9. The highest BCUT2D eigenvalue weighted by Crippen LogP contribution is 2.58. The summed E-state index contributed by atoms with van der Waals surface area (Å²) in [6.45, 7) is 1.89. The molecule has 4 heteroatoms.